The molecule has 0 aromatic heterocycles. The van der Waals surface area contributed by atoms with Crippen LogP contribution in [0.4, 0.5) is 5.69 Å². The van der Waals surface area contributed by atoms with Crippen molar-refractivity contribution in [3.63, 3.8) is 0 Å². The van der Waals surface area contributed by atoms with Gasteiger partial charge in [0.25, 0.3) is 10.0 Å². The lowest BCUT2D eigenvalue weighted by Gasteiger charge is -2.10. The van der Waals surface area contributed by atoms with Crippen LogP contribution in [-0.4, -0.2) is 26.7 Å². The van der Waals surface area contributed by atoms with E-state index in [1.165, 1.54) is 32.0 Å². The Morgan fingerprint density at radius 3 is 2.28 bits per heavy atom. The van der Waals surface area contributed by atoms with Crippen LogP contribution in [0, 0.1) is 0 Å². The number of hydrogen-bond donors (Lipinski definition) is 2. The fourth-order valence-electron chi connectivity index (χ4n) is 2.23. The maximum absolute atomic E-state index is 12.4. The Morgan fingerprint density at radius 2 is 1.68 bits per heavy atom. The highest BCUT2D eigenvalue weighted by molar-refractivity contribution is 7.92. The highest BCUT2D eigenvalue weighted by Gasteiger charge is 2.14. The molecule has 0 aliphatic carbocycles. The van der Waals surface area contributed by atoms with Crippen LogP contribution in [0.25, 0.3) is 0 Å². The van der Waals surface area contributed by atoms with Crippen LogP contribution in [0.3, 0.4) is 0 Å². The minimum atomic E-state index is -3.74. The van der Waals surface area contributed by atoms with Gasteiger partial charge in [-0.05, 0) is 43.2 Å². The normalized spacial score (nSPS) is 11.0. The summed E-state index contributed by atoms with van der Waals surface area (Å²) in [5.74, 6) is -0.235. The molecule has 132 valence electrons. The number of hydrogen-bond acceptors (Lipinski definition) is 4. The molecular formula is C18H20N2O4S. The third kappa shape index (κ3) is 5.42. The number of anilines is 1. The summed E-state index contributed by atoms with van der Waals surface area (Å²) in [5.41, 5.74) is 1.70. The highest BCUT2D eigenvalue weighted by Crippen LogP contribution is 2.18. The summed E-state index contributed by atoms with van der Waals surface area (Å²) in [4.78, 5) is 22.4. The van der Waals surface area contributed by atoms with Gasteiger partial charge in [-0.2, -0.15) is 0 Å². The van der Waals surface area contributed by atoms with E-state index in [4.69, 9.17) is 0 Å². The van der Waals surface area contributed by atoms with E-state index < -0.39 is 10.0 Å². The monoisotopic (exact) mass is 360 g/mol. The molecule has 0 aliphatic heterocycles. The number of benzene rings is 2. The van der Waals surface area contributed by atoms with Gasteiger partial charge in [-0.25, -0.2) is 8.42 Å². The SMILES string of the molecule is CC(=O)NCCc1ccc(S(=O)(=O)Nc2cccc(C(C)=O)c2)cc1. The largest absolute Gasteiger partial charge is 0.356 e. The predicted molar refractivity (Wildman–Crippen MR) is 96.1 cm³/mol. The van der Waals surface area contributed by atoms with Gasteiger partial charge in [0.2, 0.25) is 5.91 Å². The van der Waals surface area contributed by atoms with Crippen LogP contribution in [0.1, 0.15) is 29.8 Å². The average molecular weight is 360 g/mol. The molecule has 1 amide bonds. The third-order valence-electron chi connectivity index (χ3n) is 3.54. The molecule has 0 saturated carbocycles. The van der Waals surface area contributed by atoms with E-state index in [0.29, 0.717) is 24.2 Å². The van der Waals surface area contributed by atoms with E-state index in [9.17, 15) is 18.0 Å². The minimum Gasteiger partial charge on any atom is -0.356 e. The van der Waals surface area contributed by atoms with Gasteiger partial charge in [0.05, 0.1) is 4.90 Å². The molecule has 0 fully saturated rings. The Kier molecular flexibility index (Phi) is 5.93. The lowest BCUT2D eigenvalue weighted by molar-refractivity contribution is -0.118. The fourth-order valence-corrected chi connectivity index (χ4v) is 3.28. The van der Waals surface area contributed by atoms with Crippen LogP contribution in [0.5, 0.6) is 0 Å². The van der Waals surface area contributed by atoms with Crippen molar-refractivity contribution in [2.75, 3.05) is 11.3 Å². The summed E-state index contributed by atoms with van der Waals surface area (Å²) in [5, 5.41) is 2.69. The summed E-state index contributed by atoms with van der Waals surface area (Å²) >= 11 is 0. The molecule has 0 bridgehead atoms. The molecule has 0 radical (unpaired) electrons. The number of carbonyl (C=O) groups is 2. The molecule has 0 saturated heterocycles. The van der Waals surface area contributed by atoms with Crippen molar-refractivity contribution >= 4 is 27.4 Å². The summed E-state index contributed by atoms with van der Waals surface area (Å²) in [6.45, 7) is 3.37. The van der Waals surface area contributed by atoms with Crippen LogP contribution in [-0.2, 0) is 21.2 Å². The number of ketones is 1. The van der Waals surface area contributed by atoms with Gasteiger partial charge < -0.3 is 5.32 Å². The molecule has 25 heavy (non-hydrogen) atoms. The molecule has 0 unspecified atom stereocenters. The Balaban J connectivity index is 2.10. The Bertz CT molecular complexity index is 874. The van der Waals surface area contributed by atoms with Crippen molar-refractivity contribution in [1.82, 2.24) is 5.32 Å². The summed E-state index contributed by atoms with van der Waals surface area (Å²) in [6.07, 6.45) is 0.619. The molecule has 0 heterocycles. The Labute approximate surface area is 147 Å². The van der Waals surface area contributed by atoms with E-state index in [1.807, 2.05) is 0 Å². The van der Waals surface area contributed by atoms with Crippen LogP contribution >= 0.6 is 0 Å². The van der Waals surface area contributed by atoms with E-state index in [2.05, 4.69) is 10.0 Å². The van der Waals surface area contributed by atoms with Crippen LogP contribution < -0.4 is 10.0 Å². The number of amides is 1. The molecule has 7 heteroatoms. The zero-order valence-corrected chi connectivity index (χ0v) is 14.9. The van der Waals surface area contributed by atoms with E-state index in [1.54, 1.807) is 30.3 Å². The van der Waals surface area contributed by atoms with Gasteiger partial charge in [0.15, 0.2) is 5.78 Å². The van der Waals surface area contributed by atoms with Crippen molar-refractivity contribution in [2.24, 2.45) is 0 Å². The van der Waals surface area contributed by atoms with Crippen LogP contribution in [0.2, 0.25) is 0 Å². The maximum Gasteiger partial charge on any atom is 0.261 e. The molecule has 2 rings (SSSR count). The van der Waals surface area contributed by atoms with E-state index >= 15 is 0 Å². The number of nitrogens with one attached hydrogen (secondary N) is 2. The Morgan fingerprint density at radius 1 is 1.00 bits per heavy atom. The highest BCUT2D eigenvalue weighted by atomic mass is 32.2. The van der Waals surface area contributed by atoms with Gasteiger partial charge in [-0.15, -0.1) is 0 Å². The Hall–Kier alpha value is -2.67. The molecule has 2 aromatic rings. The van der Waals surface area contributed by atoms with Crippen molar-refractivity contribution in [2.45, 2.75) is 25.2 Å². The first-order chi connectivity index (χ1) is 11.8. The number of Topliss-reactive ketones (excluding diaryl/α,β-unsaturated/α-hetero) is 1. The third-order valence-corrected chi connectivity index (χ3v) is 4.94. The fraction of sp³-hybridized carbons (Fsp3) is 0.222. The van der Waals surface area contributed by atoms with Crippen LogP contribution in [0.15, 0.2) is 53.4 Å². The lowest BCUT2D eigenvalue weighted by Crippen LogP contribution is -2.22. The molecule has 0 atom stereocenters. The standard InChI is InChI=1S/C18H20N2O4S/c1-13(21)16-4-3-5-17(12-16)20-25(23,24)18-8-6-15(7-9-18)10-11-19-14(2)22/h3-9,12,20H,10-11H2,1-2H3,(H,19,22). The van der Waals surface area contributed by atoms with Gasteiger partial charge in [-0.3, -0.25) is 14.3 Å². The summed E-state index contributed by atoms with van der Waals surface area (Å²) in [6, 6.07) is 12.8. The lowest BCUT2D eigenvalue weighted by atomic mass is 10.1. The van der Waals surface area contributed by atoms with E-state index in [-0.39, 0.29) is 16.6 Å². The van der Waals surface area contributed by atoms with Gasteiger partial charge in [0.1, 0.15) is 0 Å². The average Bonchev–Trinajstić information content (AvgIpc) is 2.55. The van der Waals surface area contributed by atoms with Gasteiger partial charge in [0, 0.05) is 24.7 Å². The van der Waals surface area contributed by atoms with Crippen molar-refractivity contribution in [3.8, 4) is 0 Å². The second kappa shape index (κ2) is 7.94. The molecule has 2 aromatic carbocycles. The predicted octanol–water partition coefficient (Wildman–Crippen LogP) is 2.37. The number of rotatable bonds is 7. The molecule has 0 spiro atoms. The molecular weight excluding hydrogens is 340 g/mol. The molecule has 0 aliphatic rings. The first-order valence-corrected chi connectivity index (χ1v) is 9.23. The van der Waals surface area contributed by atoms with Crippen molar-refractivity contribution in [3.05, 3.63) is 59.7 Å². The minimum absolute atomic E-state index is 0.101. The second-order valence-electron chi connectivity index (χ2n) is 5.62. The van der Waals surface area contributed by atoms with Crippen molar-refractivity contribution < 1.29 is 18.0 Å². The molecule has 2 N–H and O–H groups in total. The first-order valence-electron chi connectivity index (χ1n) is 7.75. The van der Waals surface area contributed by atoms with Gasteiger partial charge in [-0.1, -0.05) is 24.3 Å². The summed E-state index contributed by atoms with van der Waals surface area (Å²) in [7, 11) is -3.74. The second-order valence-corrected chi connectivity index (χ2v) is 7.30. The van der Waals surface area contributed by atoms with Gasteiger partial charge >= 0.3 is 0 Å². The maximum atomic E-state index is 12.4. The first kappa shape index (κ1) is 18.7. The topological polar surface area (TPSA) is 92.3 Å². The smallest absolute Gasteiger partial charge is 0.261 e. The van der Waals surface area contributed by atoms with E-state index in [0.717, 1.165) is 5.56 Å². The summed E-state index contributed by atoms with van der Waals surface area (Å²) < 4.78 is 27.4. The zero-order valence-electron chi connectivity index (χ0n) is 14.1. The number of sulfonamides is 1. The number of carbonyl (C=O) groups excluding carboxylic acids is 2. The quantitative estimate of drug-likeness (QED) is 0.742. The zero-order chi connectivity index (χ0) is 18.4. The van der Waals surface area contributed by atoms with Crippen molar-refractivity contribution in [1.29, 1.82) is 0 Å². The molecule has 6 nitrogen and oxygen atoms in total.